The van der Waals surface area contributed by atoms with Crippen LogP contribution in [0.1, 0.15) is 30.2 Å². The number of nitrogens with one attached hydrogen (secondary N) is 2. The van der Waals surface area contributed by atoms with Gasteiger partial charge in [0.1, 0.15) is 5.01 Å². The molecule has 7 heteroatoms. The first kappa shape index (κ1) is 15.4. The van der Waals surface area contributed by atoms with Crippen molar-refractivity contribution in [3.05, 3.63) is 35.3 Å². The van der Waals surface area contributed by atoms with Gasteiger partial charge >= 0.3 is 6.03 Å². The van der Waals surface area contributed by atoms with Crippen LogP contribution in [0.2, 0.25) is 0 Å². The van der Waals surface area contributed by atoms with E-state index in [1.807, 2.05) is 6.07 Å². The highest BCUT2D eigenvalue weighted by Crippen LogP contribution is 2.42. The Morgan fingerprint density at radius 3 is 2.83 bits per heavy atom. The van der Waals surface area contributed by atoms with E-state index in [9.17, 15) is 4.79 Å². The molecule has 2 aromatic rings. The van der Waals surface area contributed by atoms with Gasteiger partial charge in [-0.3, -0.25) is 5.32 Å². The molecule has 2 amide bonds. The van der Waals surface area contributed by atoms with Crippen molar-refractivity contribution in [1.82, 2.24) is 15.5 Å². The average Bonchev–Trinajstić information content (AvgIpc) is 3.17. The summed E-state index contributed by atoms with van der Waals surface area (Å²) in [5, 5.41) is 15.6. The van der Waals surface area contributed by atoms with Gasteiger partial charge in [0.2, 0.25) is 5.13 Å². The average molecular weight is 343 g/mol. The lowest BCUT2D eigenvalue weighted by Crippen LogP contribution is -2.34. The molecule has 24 heavy (non-hydrogen) atoms. The molecule has 126 valence electrons. The fourth-order valence-electron chi connectivity index (χ4n) is 3.03. The summed E-state index contributed by atoms with van der Waals surface area (Å²) < 4.78 is 0. The van der Waals surface area contributed by atoms with E-state index in [0.717, 1.165) is 24.5 Å². The van der Waals surface area contributed by atoms with Gasteiger partial charge in [0.15, 0.2) is 0 Å². The second kappa shape index (κ2) is 6.76. The SMILES string of the molecule is O=C(NC[C@H]1CCN(c2ccccc2)C1)Nc1nnc(C2CC2)s1. The molecule has 0 unspecified atom stereocenters. The van der Waals surface area contributed by atoms with E-state index in [2.05, 4.69) is 50.0 Å². The van der Waals surface area contributed by atoms with Gasteiger partial charge in [-0.25, -0.2) is 4.79 Å². The highest BCUT2D eigenvalue weighted by molar-refractivity contribution is 7.15. The third-order valence-corrected chi connectivity index (χ3v) is 5.55. The van der Waals surface area contributed by atoms with E-state index >= 15 is 0 Å². The van der Waals surface area contributed by atoms with E-state index in [4.69, 9.17) is 0 Å². The molecule has 6 nitrogen and oxygen atoms in total. The number of carbonyl (C=O) groups is 1. The van der Waals surface area contributed by atoms with Crippen molar-refractivity contribution in [3.8, 4) is 0 Å². The second-order valence-corrected chi connectivity index (χ2v) is 7.50. The second-order valence-electron chi connectivity index (χ2n) is 6.49. The molecule has 1 saturated carbocycles. The lowest BCUT2D eigenvalue weighted by atomic mass is 10.1. The molecule has 0 spiro atoms. The minimum atomic E-state index is -0.188. The first-order chi connectivity index (χ1) is 11.8. The lowest BCUT2D eigenvalue weighted by Gasteiger charge is -2.18. The summed E-state index contributed by atoms with van der Waals surface area (Å²) in [6, 6.07) is 10.2. The normalized spacial score (nSPS) is 20.2. The minimum absolute atomic E-state index is 0.188. The molecule has 4 rings (SSSR count). The predicted molar refractivity (Wildman–Crippen MR) is 95.7 cm³/mol. The molecule has 2 aliphatic rings. The maximum Gasteiger partial charge on any atom is 0.321 e. The summed E-state index contributed by atoms with van der Waals surface area (Å²) >= 11 is 1.49. The summed E-state index contributed by atoms with van der Waals surface area (Å²) in [5.41, 5.74) is 1.26. The molecule has 1 atom stereocenters. The minimum Gasteiger partial charge on any atom is -0.371 e. The zero-order chi connectivity index (χ0) is 16.4. The number of hydrogen-bond acceptors (Lipinski definition) is 5. The topological polar surface area (TPSA) is 70.2 Å². The van der Waals surface area contributed by atoms with E-state index < -0.39 is 0 Å². The largest absolute Gasteiger partial charge is 0.371 e. The van der Waals surface area contributed by atoms with Crippen molar-refractivity contribution >= 4 is 28.2 Å². The third kappa shape index (κ3) is 3.67. The van der Waals surface area contributed by atoms with Crippen LogP contribution in [0.3, 0.4) is 0 Å². The van der Waals surface area contributed by atoms with E-state index in [1.54, 1.807) is 0 Å². The Bertz CT molecular complexity index is 700. The zero-order valence-corrected chi connectivity index (χ0v) is 14.3. The fraction of sp³-hybridized carbons (Fsp3) is 0.471. The van der Waals surface area contributed by atoms with Crippen LogP contribution in [0.5, 0.6) is 0 Å². The summed E-state index contributed by atoms with van der Waals surface area (Å²) in [7, 11) is 0. The molecular formula is C17H21N5OS. The molecule has 1 aliphatic heterocycles. The van der Waals surface area contributed by atoms with Gasteiger partial charge in [0.05, 0.1) is 0 Å². The lowest BCUT2D eigenvalue weighted by molar-refractivity contribution is 0.250. The van der Waals surface area contributed by atoms with Crippen LogP contribution < -0.4 is 15.5 Å². The fourth-order valence-corrected chi connectivity index (χ4v) is 3.94. The molecule has 2 N–H and O–H groups in total. The standard InChI is InChI=1S/C17H21N5OS/c23-16(19-17-21-20-15(24-17)13-6-7-13)18-10-12-8-9-22(11-12)14-4-2-1-3-5-14/h1-5,12-13H,6-11H2,(H2,18,19,21,23)/t12-/m1/s1. The Balaban J connectivity index is 1.22. The van der Waals surface area contributed by atoms with Crippen molar-refractivity contribution in [1.29, 1.82) is 0 Å². The quantitative estimate of drug-likeness (QED) is 0.875. The number of carbonyl (C=O) groups excluding carboxylic acids is 1. The van der Waals surface area contributed by atoms with Crippen molar-refractivity contribution < 1.29 is 4.79 Å². The van der Waals surface area contributed by atoms with Gasteiger partial charge in [-0.05, 0) is 37.3 Å². The Kier molecular flexibility index (Phi) is 4.34. The zero-order valence-electron chi connectivity index (χ0n) is 13.4. The number of amides is 2. The number of rotatable bonds is 5. The number of benzene rings is 1. The summed E-state index contributed by atoms with van der Waals surface area (Å²) in [6.07, 6.45) is 3.49. The molecule has 2 heterocycles. The highest BCUT2D eigenvalue weighted by atomic mass is 32.1. The predicted octanol–water partition coefficient (Wildman–Crippen LogP) is 3.06. The van der Waals surface area contributed by atoms with E-state index in [-0.39, 0.29) is 6.03 Å². The molecule has 1 aromatic carbocycles. The molecule has 1 saturated heterocycles. The summed E-state index contributed by atoms with van der Waals surface area (Å²) in [4.78, 5) is 14.4. The van der Waals surface area contributed by atoms with Crippen molar-refractivity contribution in [3.63, 3.8) is 0 Å². The molecule has 0 bridgehead atoms. The number of nitrogens with zero attached hydrogens (tertiary/aromatic N) is 3. The first-order valence-corrected chi connectivity index (χ1v) is 9.28. The maximum atomic E-state index is 12.0. The van der Waals surface area contributed by atoms with Crippen molar-refractivity contribution in [2.24, 2.45) is 5.92 Å². The summed E-state index contributed by atoms with van der Waals surface area (Å²) in [6.45, 7) is 2.71. The van der Waals surface area contributed by atoms with Crippen LogP contribution in [0.25, 0.3) is 0 Å². The van der Waals surface area contributed by atoms with Gasteiger partial charge < -0.3 is 10.2 Å². The Morgan fingerprint density at radius 1 is 1.21 bits per heavy atom. The number of anilines is 2. The van der Waals surface area contributed by atoms with Gasteiger partial charge in [-0.2, -0.15) is 0 Å². The highest BCUT2D eigenvalue weighted by Gasteiger charge is 2.28. The van der Waals surface area contributed by atoms with E-state index in [0.29, 0.717) is 23.5 Å². The van der Waals surface area contributed by atoms with E-state index in [1.165, 1.54) is 29.9 Å². The third-order valence-electron chi connectivity index (χ3n) is 4.55. The van der Waals surface area contributed by atoms with Gasteiger partial charge in [0, 0.05) is 31.2 Å². The molecule has 1 aromatic heterocycles. The van der Waals surface area contributed by atoms with Gasteiger partial charge in [-0.1, -0.05) is 29.5 Å². The number of hydrogen-bond donors (Lipinski definition) is 2. The Labute approximate surface area is 145 Å². The smallest absolute Gasteiger partial charge is 0.321 e. The van der Waals surface area contributed by atoms with Crippen LogP contribution in [0.4, 0.5) is 15.6 Å². The first-order valence-electron chi connectivity index (χ1n) is 8.46. The Morgan fingerprint density at radius 2 is 2.04 bits per heavy atom. The van der Waals surface area contributed by atoms with Crippen molar-refractivity contribution in [2.45, 2.75) is 25.2 Å². The van der Waals surface area contributed by atoms with Crippen molar-refractivity contribution in [2.75, 3.05) is 29.9 Å². The molecular weight excluding hydrogens is 322 g/mol. The molecule has 1 aliphatic carbocycles. The van der Waals surface area contributed by atoms with Crippen LogP contribution in [-0.4, -0.2) is 35.9 Å². The summed E-state index contributed by atoms with van der Waals surface area (Å²) in [5.74, 6) is 1.05. The van der Waals surface area contributed by atoms with Crippen LogP contribution >= 0.6 is 11.3 Å². The van der Waals surface area contributed by atoms with Crippen LogP contribution in [-0.2, 0) is 0 Å². The molecule has 2 fully saturated rings. The van der Waals surface area contributed by atoms with Crippen LogP contribution in [0, 0.1) is 5.92 Å². The van der Waals surface area contributed by atoms with Crippen LogP contribution in [0.15, 0.2) is 30.3 Å². The van der Waals surface area contributed by atoms with Gasteiger partial charge in [-0.15, -0.1) is 10.2 Å². The maximum absolute atomic E-state index is 12.0. The monoisotopic (exact) mass is 343 g/mol. The number of urea groups is 1. The Hall–Kier alpha value is -2.15. The van der Waals surface area contributed by atoms with Gasteiger partial charge in [0.25, 0.3) is 0 Å². The number of para-hydroxylation sites is 1. The number of aromatic nitrogens is 2. The molecule has 0 radical (unpaired) electrons.